The number of sulfonamides is 1. The molecular weight excluding hydrogens is 360 g/mol. The molecule has 0 aromatic heterocycles. The minimum absolute atomic E-state index is 0.0755. The highest BCUT2D eigenvalue weighted by Crippen LogP contribution is 2.28. The van der Waals surface area contributed by atoms with Crippen molar-refractivity contribution < 1.29 is 27.4 Å². The van der Waals surface area contributed by atoms with Gasteiger partial charge in [-0.05, 0) is 24.1 Å². The summed E-state index contributed by atoms with van der Waals surface area (Å²) in [5.74, 6) is 0.0988. The summed E-state index contributed by atoms with van der Waals surface area (Å²) in [5.41, 5.74) is 0.613. The van der Waals surface area contributed by atoms with Crippen molar-refractivity contribution in [3.05, 3.63) is 23.8 Å². The molecule has 1 fully saturated rings. The van der Waals surface area contributed by atoms with Crippen LogP contribution in [0.25, 0.3) is 0 Å². The molecule has 1 heterocycles. The van der Waals surface area contributed by atoms with Gasteiger partial charge in [0.1, 0.15) is 10.6 Å². The van der Waals surface area contributed by atoms with Gasteiger partial charge < -0.3 is 19.5 Å². The smallest absolute Gasteiger partial charge is 0.246 e. The van der Waals surface area contributed by atoms with E-state index in [0.717, 1.165) is 6.42 Å². The Balaban J connectivity index is 2.13. The largest absolute Gasteiger partial charge is 0.495 e. The average molecular weight is 386 g/mol. The third-order valence-corrected chi connectivity index (χ3v) is 5.95. The fourth-order valence-corrected chi connectivity index (χ4v) is 4.26. The van der Waals surface area contributed by atoms with E-state index in [0.29, 0.717) is 45.0 Å². The molecule has 26 heavy (non-hydrogen) atoms. The molecule has 0 saturated carbocycles. The lowest BCUT2D eigenvalue weighted by molar-refractivity contribution is -0.120. The minimum atomic E-state index is -3.71. The number of hydrogen-bond acceptors (Lipinski definition) is 6. The lowest BCUT2D eigenvalue weighted by Gasteiger charge is -2.26. The van der Waals surface area contributed by atoms with Crippen LogP contribution in [-0.2, 0) is 30.7 Å². The van der Waals surface area contributed by atoms with Gasteiger partial charge in [-0.2, -0.15) is 4.31 Å². The Morgan fingerprint density at radius 1 is 1.27 bits per heavy atom. The van der Waals surface area contributed by atoms with Crippen LogP contribution in [0.2, 0.25) is 0 Å². The second-order valence-corrected chi connectivity index (χ2v) is 7.78. The van der Waals surface area contributed by atoms with E-state index in [-0.39, 0.29) is 23.0 Å². The third kappa shape index (κ3) is 5.41. The van der Waals surface area contributed by atoms with Crippen LogP contribution in [0.1, 0.15) is 12.0 Å². The first kappa shape index (κ1) is 20.6. The molecule has 2 rings (SSSR count). The van der Waals surface area contributed by atoms with Crippen molar-refractivity contribution in [2.75, 3.05) is 53.7 Å². The highest BCUT2D eigenvalue weighted by molar-refractivity contribution is 7.89. The van der Waals surface area contributed by atoms with E-state index in [1.54, 1.807) is 19.2 Å². The highest BCUT2D eigenvalue weighted by Gasteiger charge is 2.29. The number of rotatable bonds is 9. The van der Waals surface area contributed by atoms with Crippen LogP contribution in [0.4, 0.5) is 0 Å². The molecule has 0 bridgehead atoms. The molecule has 0 radical (unpaired) electrons. The van der Waals surface area contributed by atoms with E-state index in [1.165, 1.54) is 17.5 Å². The summed E-state index contributed by atoms with van der Waals surface area (Å²) in [6.07, 6.45) is 0.824. The van der Waals surface area contributed by atoms with Gasteiger partial charge in [0.25, 0.3) is 0 Å². The van der Waals surface area contributed by atoms with E-state index in [9.17, 15) is 13.2 Å². The average Bonchev–Trinajstić information content (AvgIpc) is 2.66. The zero-order chi connectivity index (χ0) is 19.0. The van der Waals surface area contributed by atoms with Gasteiger partial charge in [0.05, 0.1) is 26.7 Å². The van der Waals surface area contributed by atoms with Crippen LogP contribution in [0.3, 0.4) is 0 Å². The number of carbonyl (C=O) groups excluding carboxylic acids is 1. The van der Waals surface area contributed by atoms with Gasteiger partial charge in [-0.3, -0.25) is 4.79 Å². The summed E-state index contributed by atoms with van der Waals surface area (Å²) < 4.78 is 42.6. The highest BCUT2D eigenvalue weighted by atomic mass is 32.2. The molecule has 1 saturated heterocycles. The summed E-state index contributed by atoms with van der Waals surface area (Å²) in [5, 5.41) is 2.79. The minimum Gasteiger partial charge on any atom is -0.495 e. The quantitative estimate of drug-likeness (QED) is 0.618. The Labute approximate surface area is 154 Å². The van der Waals surface area contributed by atoms with Crippen LogP contribution >= 0.6 is 0 Å². The van der Waals surface area contributed by atoms with Crippen molar-refractivity contribution in [2.24, 2.45) is 0 Å². The normalized spacial score (nSPS) is 15.6. The number of carbonyl (C=O) groups is 1. The Morgan fingerprint density at radius 2 is 2.00 bits per heavy atom. The number of methoxy groups -OCH3 is 2. The molecule has 1 amide bonds. The van der Waals surface area contributed by atoms with Crippen molar-refractivity contribution in [2.45, 2.75) is 17.7 Å². The van der Waals surface area contributed by atoms with E-state index in [2.05, 4.69) is 5.32 Å². The van der Waals surface area contributed by atoms with Gasteiger partial charge in [0.15, 0.2) is 0 Å². The fraction of sp³-hybridized carbons (Fsp3) is 0.588. The van der Waals surface area contributed by atoms with Crippen LogP contribution in [0, 0.1) is 0 Å². The molecule has 0 spiro atoms. The standard InChI is InChI=1S/C17H26N2O6S/c1-23-9-3-6-18-17(20)13-14-4-5-15(24-2)16(12-14)26(21,22)19-7-10-25-11-8-19/h4-5,12H,3,6-11,13H2,1-2H3,(H,18,20). The summed E-state index contributed by atoms with van der Waals surface area (Å²) in [4.78, 5) is 12.1. The molecule has 1 aromatic rings. The Bertz CT molecular complexity index is 701. The van der Waals surface area contributed by atoms with E-state index < -0.39 is 10.0 Å². The number of hydrogen-bond donors (Lipinski definition) is 1. The number of benzene rings is 1. The van der Waals surface area contributed by atoms with Gasteiger partial charge >= 0.3 is 0 Å². The van der Waals surface area contributed by atoms with Crippen LogP contribution < -0.4 is 10.1 Å². The predicted octanol–water partition coefficient (Wildman–Crippen LogP) is 0.411. The third-order valence-electron chi connectivity index (χ3n) is 4.03. The fourth-order valence-electron chi connectivity index (χ4n) is 2.65. The summed E-state index contributed by atoms with van der Waals surface area (Å²) in [6.45, 7) is 2.42. The topological polar surface area (TPSA) is 94.2 Å². The number of nitrogens with zero attached hydrogens (tertiary/aromatic N) is 1. The molecule has 1 aromatic carbocycles. The van der Waals surface area contributed by atoms with Gasteiger partial charge in [0.2, 0.25) is 15.9 Å². The molecule has 0 unspecified atom stereocenters. The molecule has 1 aliphatic rings. The SMILES string of the molecule is COCCCNC(=O)Cc1ccc(OC)c(S(=O)(=O)N2CCOCC2)c1. The monoisotopic (exact) mass is 386 g/mol. The van der Waals surface area contributed by atoms with Crippen molar-refractivity contribution >= 4 is 15.9 Å². The van der Waals surface area contributed by atoms with E-state index in [1.807, 2.05) is 0 Å². The molecule has 8 nitrogen and oxygen atoms in total. The van der Waals surface area contributed by atoms with E-state index in [4.69, 9.17) is 14.2 Å². The lowest BCUT2D eigenvalue weighted by atomic mass is 10.1. The molecule has 0 aliphatic carbocycles. The Kier molecular flexibility index (Phi) is 7.83. The van der Waals surface area contributed by atoms with Gasteiger partial charge in [-0.25, -0.2) is 8.42 Å². The molecule has 9 heteroatoms. The summed E-state index contributed by atoms with van der Waals surface area (Å²) in [7, 11) is -0.674. The molecule has 146 valence electrons. The van der Waals surface area contributed by atoms with Gasteiger partial charge in [-0.1, -0.05) is 6.07 Å². The summed E-state index contributed by atoms with van der Waals surface area (Å²) >= 11 is 0. The second kappa shape index (κ2) is 9.86. The van der Waals surface area contributed by atoms with Gasteiger partial charge in [-0.15, -0.1) is 0 Å². The van der Waals surface area contributed by atoms with Gasteiger partial charge in [0, 0.05) is 33.4 Å². The second-order valence-electron chi connectivity index (χ2n) is 5.87. The molecule has 1 N–H and O–H groups in total. The number of amides is 1. The van der Waals surface area contributed by atoms with Crippen molar-refractivity contribution in [1.82, 2.24) is 9.62 Å². The first-order valence-corrected chi connectivity index (χ1v) is 9.93. The number of nitrogens with one attached hydrogen (secondary N) is 1. The van der Waals surface area contributed by atoms with E-state index >= 15 is 0 Å². The van der Waals surface area contributed by atoms with Crippen LogP contribution in [-0.4, -0.2) is 72.3 Å². The molecule has 1 aliphatic heterocycles. The Hall–Kier alpha value is -1.68. The maximum atomic E-state index is 12.9. The first-order chi connectivity index (χ1) is 12.5. The molecular formula is C17H26N2O6S. The number of ether oxygens (including phenoxy) is 3. The maximum absolute atomic E-state index is 12.9. The number of morpholine rings is 1. The first-order valence-electron chi connectivity index (χ1n) is 8.49. The zero-order valence-corrected chi connectivity index (χ0v) is 16.0. The lowest BCUT2D eigenvalue weighted by Crippen LogP contribution is -2.40. The Morgan fingerprint density at radius 3 is 2.65 bits per heavy atom. The van der Waals surface area contributed by atoms with Crippen molar-refractivity contribution in [1.29, 1.82) is 0 Å². The molecule has 0 atom stereocenters. The summed E-state index contributed by atoms with van der Waals surface area (Å²) in [6, 6.07) is 4.80. The zero-order valence-electron chi connectivity index (χ0n) is 15.2. The predicted molar refractivity (Wildman–Crippen MR) is 95.8 cm³/mol. The van der Waals surface area contributed by atoms with Crippen LogP contribution in [0.5, 0.6) is 5.75 Å². The van der Waals surface area contributed by atoms with Crippen molar-refractivity contribution in [3.63, 3.8) is 0 Å². The van der Waals surface area contributed by atoms with Crippen LogP contribution in [0.15, 0.2) is 23.1 Å². The van der Waals surface area contributed by atoms with Crippen molar-refractivity contribution in [3.8, 4) is 5.75 Å². The maximum Gasteiger partial charge on any atom is 0.246 e.